The highest BCUT2D eigenvalue weighted by atomic mass is 32.2. The second kappa shape index (κ2) is 11.1. The Labute approximate surface area is 195 Å². The van der Waals surface area contributed by atoms with Crippen LogP contribution in [-0.2, 0) is 17.7 Å². The topological polar surface area (TPSA) is 38.8 Å². The number of hydrogen-bond acceptors (Lipinski definition) is 4. The normalized spacial score (nSPS) is 11.1. The Morgan fingerprint density at radius 2 is 1.53 bits per heavy atom. The van der Waals surface area contributed by atoms with Crippen molar-refractivity contribution in [2.75, 3.05) is 13.7 Å². The van der Waals surface area contributed by atoms with Crippen LogP contribution in [0.2, 0.25) is 0 Å². The molecule has 4 nitrogen and oxygen atoms in total. The Kier molecular flexibility index (Phi) is 8.23. The lowest BCUT2D eigenvalue weighted by molar-refractivity contribution is 0.0236. The highest BCUT2D eigenvalue weighted by Gasteiger charge is 2.22. The van der Waals surface area contributed by atoms with E-state index >= 15 is 0 Å². The van der Waals surface area contributed by atoms with Crippen molar-refractivity contribution in [1.82, 2.24) is 4.90 Å². The number of methoxy groups -OCH3 is 1. The van der Waals surface area contributed by atoms with E-state index in [-0.39, 0.29) is 6.09 Å². The SMILES string of the molecule is COc1ccccc1Sc1ccc(CCN(Cc2ccccc2)C(=O)OC(C)(C)C)cc1. The van der Waals surface area contributed by atoms with E-state index in [4.69, 9.17) is 9.47 Å². The molecule has 0 spiro atoms. The van der Waals surface area contributed by atoms with Crippen LogP contribution in [0.1, 0.15) is 31.9 Å². The maximum Gasteiger partial charge on any atom is 0.410 e. The fourth-order valence-corrected chi connectivity index (χ4v) is 4.11. The van der Waals surface area contributed by atoms with E-state index in [0.29, 0.717) is 13.1 Å². The smallest absolute Gasteiger partial charge is 0.410 e. The Morgan fingerprint density at radius 1 is 0.875 bits per heavy atom. The van der Waals surface area contributed by atoms with Gasteiger partial charge in [-0.1, -0.05) is 66.4 Å². The van der Waals surface area contributed by atoms with Gasteiger partial charge in [-0.25, -0.2) is 4.79 Å². The lowest BCUT2D eigenvalue weighted by Gasteiger charge is -2.27. The third kappa shape index (κ3) is 7.34. The van der Waals surface area contributed by atoms with Gasteiger partial charge in [-0.15, -0.1) is 0 Å². The second-order valence-corrected chi connectivity index (χ2v) is 9.65. The number of rotatable bonds is 8. The molecule has 1 amide bonds. The van der Waals surface area contributed by atoms with Crippen molar-refractivity contribution in [3.05, 3.63) is 90.0 Å². The first-order valence-corrected chi connectivity index (χ1v) is 11.6. The molecular formula is C27H31NO3S. The van der Waals surface area contributed by atoms with Gasteiger partial charge >= 0.3 is 6.09 Å². The summed E-state index contributed by atoms with van der Waals surface area (Å²) in [6.07, 6.45) is 0.468. The van der Waals surface area contributed by atoms with Gasteiger partial charge in [-0.3, -0.25) is 0 Å². The van der Waals surface area contributed by atoms with Crippen LogP contribution in [0.4, 0.5) is 4.79 Å². The number of carbonyl (C=O) groups excluding carboxylic acids is 1. The second-order valence-electron chi connectivity index (χ2n) is 8.53. The van der Waals surface area contributed by atoms with Gasteiger partial charge in [0.15, 0.2) is 0 Å². The lowest BCUT2D eigenvalue weighted by atomic mass is 10.1. The minimum Gasteiger partial charge on any atom is -0.496 e. The van der Waals surface area contributed by atoms with Crippen LogP contribution in [-0.4, -0.2) is 30.2 Å². The number of benzene rings is 3. The predicted molar refractivity (Wildman–Crippen MR) is 130 cm³/mol. The first kappa shape index (κ1) is 23.7. The summed E-state index contributed by atoms with van der Waals surface area (Å²) in [5, 5.41) is 0. The highest BCUT2D eigenvalue weighted by molar-refractivity contribution is 7.99. The molecule has 32 heavy (non-hydrogen) atoms. The van der Waals surface area contributed by atoms with Crippen molar-refractivity contribution in [2.24, 2.45) is 0 Å². The molecule has 0 radical (unpaired) electrons. The summed E-state index contributed by atoms with van der Waals surface area (Å²) in [5.41, 5.74) is 1.74. The highest BCUT2D eigenvalue weighted by Crippen LogP contribution is 2.34. The van der Waals surface area contributed by atoms with Crippen LogP contribution >= 0.6 is 11.8 Å². The molecule has 3 rings (SSSR count). The van der Waals surface area contributed by atoms with E-state index in [9.17, 15) is 4.79 Å². The molecule has 0 atom stereocenters. The Balaban J connectivity index is 1.65. The largest absolute Gasteiger partial charge is 0.496 e. The first-order chi connectivity index (χ1) is 15.3. The summed E-state index contributed by atoms with van der Waals surface area (Å²) in [6, 6.07) is 26.5. The van der Waals surface area contributed by atoms with Gasteiger partial charge in [0, 0.05) is 18.0 Å². The molecule has 0 aliphatic rings. The molecule has 0 bridgehead atoms. The summed E-state index contributed by atoms with van der Waals surface area (Å²) in [4.78, 5) is 16.8. The van der Waals surface area contributed by atoms with Gasteiger partial charge in [-0.2, -0.15) is 0 Å². The predicted octanol–water partition coefficient (Wildman–Crippen LogP) is 6.83. The molecule has 168 valence electrons. The Morgan fingerprint density at radius 3 is 2.19 bits per heavy atom. The Bertz CT molecular complexity index is 997. The Hall–Kier alpha value is -2.92. The molecule has 0 unspecified atom stereocenters. The van der Waals surface area contributed by atoms with Gasteiger partial charge in [0.1, 0.15) is 11.4 Å². The number of para-hydroxylation sites is 1. The molecule has 0 saturated heterocycles. The molecule has 0 aliphatic heterocycles. The van der Waals surface area contributed by atoms with Crippen LogP contribution in [0.15, 0.2) is 88.7 Å². The minimum atomic E-state index is -0.524. The average Bonchev–Trinajstić information content (AvgIpc) is 2.77. The summed E-state index contributed by atoms with van der Waals surface area (Å²) in [5.74, 6) is 0.871. The third-order valence-corrected chi connectivity index (χ3v) is 5.82. The van der Waals surface area contributed by atoms with Gasteiger partial charge in [0.05, 0.1) is 12.0 Å². The average molecular weight is 450 g/mol. The minimum absolute atomic E-state index is 0.287. The van der Waals surface area contributed by atoms with Gasteiger partial charge in [0.2, 0.25) is 0 Å². The van der Waals surface area contributed by atoms with Crippen LogP contribution < -0.4 is 4.74 Å². The molecule has 0 N–H and O–H groups in total. The van der Waals surface area contributed by atoms with Gasteiger partial charge < -0.3 is 14.4 Å². The molecule has 0 aromatic heterocycles. The standard InChI is InChI=1S/C27H31NO3S/c1-27(2,3)31-26(29)28(20-22-10-6-5-7-11-22)19-18-21-14-16-23(17-15-21)32-25-13-9-8-12-24(25)30-4/h5-17H,18-20H2,1-4H3. The molecule has 5 heteroatoms. The van der Waals surface area contributed by atoms with Crippen LogP contribution in [0.3, 0.4) is 0 Å². The van der Waals surface area contributed by atoms with Gasteiger partial charge in [0.25, 0.3) is 0 Å². The van der Waals surface area contributed by atoms with Crippen LogP contribution in [0.25, 0.3) is 0 Å². The number of amides is 1. The number of nitrogens with zero attached hydrogens (tertiary/aromatic N) is 1. The van der Waals surface area contributed by atoms with E-state index in [0.717, 1.165) is 27.5 Å². The zero-order valence-electron chi connectivity index (χ0n) is 19.2. The van der Waals surface area contributed by atoms with E-state index in [1.165, 1.54) is 5.56 Å². The molecule has 0 fully saturated rings. The van der Waals surface area contributed by atoms with Crippen molar-refractivity contribution < 1.29 is 14.3 Å². The fraction of sp³-hybridized carbons (Fsp3) is 0.296. The monoisotopic (exact) mass is 449 g/mol. The zero-order valence-corrected chi connectivity index (χ0v) is 20.0. The van der Waals surface area contributed by atoms with Crippen molar-refractivity contribution in [2.45, 2.75) is 49.1 Å². The first-order valence-electron chi connectivity index (χ1n) is 10.8. The van der Waals surface area contributed by atoms with Crippen LogP contribution in [0.5, 0.6) is 5.75 Å². The van der Waals surface area contributed by atoms with E-state index in [2.05, 4.69) is 30.3 Å². The summed E-state index contributed by atoms with van der Waals surface area (Å²) in [7, 11) is 1.69. The maximum absolute atomic E-state index is 12.8. The molecule has 0 aliphatic carbocycles. The quantitative estimate of drug-likeness (QED) is 0.378. The summed E-state index contributed by atoms with van der Waals surface area (Å²) < 4.78 is 11.1. The third-order valence-electron chi connectivity index (χ3n) is 4.76. The number of carbonyl (C=O) groups is 1. The molecular weight excluding hydrogens is 418 g/mol. The van der Waals surface area contributed by atoms with Crippen molar-refractivity contribution >= 4 is 17.9 Å². The molecule has 0 heterocycles. The molecule has 3 aromatic carbocycles. The van der Waals surface area contributed by atoms with Crippen LogP contribution in [0, 0.1) is 0 Å². The number of ether oxygens (including phenoxy) is 2. The molecule has 0 saturated carbocycles. The zero-order chi connectivity index (χ0) is 23.0. The molecule has 3 aromatic rings. The van der Waals surface area contributed by atoms with Crippen molar-refractivity contribution in [3.63, 3.8) is 0 Å². The summed E-state index contributed by atoms with van der Waals surface area (Å²) in [6.45, 7) is 6.79. The fourth-order valence-electron chi connectivity index (χ4n) is 3.18. The summed E-state index contributed by atoms with van der Waals surface area (Å²) >= 11 is 1.68. The maximum atomic E-state index is 12.8. The van der Waals surface area contributed by atoms with Crippen molar-refractivity contribution in [1.29, 1.82) is 0 Å². The van der Waals surface area contributed by atoms with E-state index in [1.807, 2.05) is 69.3 Å². The lowest BCUT2D eigenvalue weighted by Crippen LogP contribution is -2.37. The van der Waals surface area contributed by atoms with Crippen molar-refractivity contribution in [3.8, 4) is 5.75 Å². The van der Waals surface area contributed by atoms with E-state index < -0.39 is 5.60 Å². The number of hydrogen-bond donors (Lipinski definition) is 0. The van der Waals surface area contributed by atoms with Gasteiger partial charge in [-0.05, 0) is 62.6 Å². The van der Waals surface area contributed by atoms with E-state index in [1.54, 1.807) is 23.8 Å².